The molecule has 0 saturated carbocycles. The number of methoxy groups -OCH3 is 1. The lowest BCUT2D eigenvalue weighted by Crippen LogP contribution is -2.42. The van der Waals surface area contributed by atoms with Crippen LogP contribution in [0.4, 0.5) is 0 Å². The number of carbonyl (C=O) groups is 2. The molecule has 0 aromatic rings. The second kappa shape index (κ2) is 4.96. The Morgan fingerprint density at radius 3 is 2.88 bits per heavy atom. The normalized spacial score (nSPS) is 24.4. The van der Waals surface area contributed by atoms with Gasteiger partial charge in [0.1, 0.15) is 5.76 Å². The van der Waals surface area contributed by atoms with Crippen molar-refractivity contribution in [3.8, 4) is 0 Å². The van der Waals surface area contributed by atoms with E-state index in [-0.39, 0.29) is 6.42 Å². The van der Waals surface area contributed by atoms with E-state index in [0.29, 0.717) is 18.6 Å². The van der Waals surface area contributed by atoms with Gasteiger partial charge in [0.05, 0.1) is 7.11 Å². The number of hydrogen-bond acceptors (Lipinski definition) is 4. The number of ether oxygens (including phenoxy) is 2. The molecule has 0 aromatic carbocycles. The maximum atomic E-state index is 11.9. The lowest BCUT2D eigenvalue weighted by atomic mass is 9.79. The van der Waals surface area contributed by atoms with E-state index in [1.54, 1.807) is 6.08 Å². The Balaban J connectivity index is 3.04. The molecule has 1 atom stereocenters. The van der Waals surface area contributed by atoms with E-state index >= 15 is 0 Å². The highest BCUT2D eigenvalue weighted by molar-refractivity contribution is 6.01. The Morgan fingerprint density at radius 2 is 2.44 bits per heavy atom. The molecule has 0 N–H and O–H groups in total. The summed E-state index contributed by atoms with van der Waals surface area (Å²) in [5.41, 5.74) is -1.24. The predicted molar refractivity (Wildman–Crippen MR) is 58.3 cm³/mol. The third-order valence-corrected chi connectivity index (χ3v) is 2.71. The topological polar surface area (TPSA) is 52.6 Å². The van der Waals surface area contributed by atoms with Crippen molar-refractivity contribution in [1.82, 2.24) is 0 Å². The molecule has 88 valence electrons. The predicted octanol–water partition coefficient (Wildman–Crippen LogP) is 1.96. The Kier molecular flexibility index (Phi) is 3.88. The fraction of sp³-hybridized carbons (Fsp3) is 0.500. The third kappa shape index (κ3) is 2.01. The third-order valence-electron chi connectivity index (χ3n) is 2.71. The molecule has 16 heavy (non-hydrogen) atoms. The molecule has 4 heteroatoms. The van der Waals surface area contributed by atoms with Crippen molar-refractivity contribution in [3.63, 3.8) is 0 Å². The minimum absolute atomic E-state index is 0.228. The molecule has 0 aromatic heterocycles. The number of allylic oxidation sites excluding steroid dienone is 3. The van der Waals surface area contributed by atoms with Crippen LogP contribution in [0.25, 0.3) is 0 Å². The molecular formula is C12H16O4. The standard InChI is InChI=1S/C12H16O4/c1-4-7-12(10(13)15-3)8-6-9(5-2)16-11(12)14/h4,6H,1,5,7-8H2,2-3H3. The Bertz CT molecular complexity index is 343. The Labute approximate surface area is 94.9 Å². The van der Waals surface area contributed by atoms with Crippen LogP contribution in [-0.2, 0) is 19.1 Å². The second-order valence-electron chi connectivity index (χ2n) is 3.68. The van der Waals surface area contributed by atoms with Crippen molar-refractivity contribution in [2.24, 2.45) is 5.41 Å². The van der Waals surface area contributed by atoms with Crippen LogP contribution >= 0.6 is 0 Å². The zero-order chi connectivity index (χ0) is 12.2. The van der Waals surface area contributed by atoms with E-state index in [9.17, 15) is 9.59 Å². The molecule has 1 rings (SSSR count). The first-order valence-electron chi connectivity index (χ1n) is 5.21. The summed E-state index contributed by atoms with van der Waals surface area (Å²) < 4.78 is 9.77. The average molecular weight is 224 g/mol. The summed E-state index contributed by atoms with van der Waals surface area (Å²) >= 11 is 0. The van der Waals surface area contributed by atoms with Gasteiger partial charge in [-0.15, -0.1) is 6.58 Å². The molecule has 1 aliphatic rings. The van der Waals surface area contributed by atoms with Crippen LogP contribution in [0, 0.1) is 5.41 Å². The molecule has 1 aliphatic heterocycles. The molecule has 1 heterocycles. The molecular weight excluding hydrogens is 208 g/mol. The quantitative estimate of drug-likeness (QED) is 0.416. The van der Waals surface area contributed by atoms with Crippen LogP contribution in [0.15, 0.2) is 24.5 Å². The lowest BCUT2D eigenvalue weighted by Gasteiger charge is -2.30. The van der Waals surface area contributed by atoms with Crippen molar-refractivity contribution in [2.45, 2.75) is 26.2 Å². The highest BCUT2D eigenvalue weighted by Crippen LogP contribution is 2.36. The molecule has 0 bridgehead atoms. The zero-order valence-corrected chi connectivity index (χ0v) is 9.62. The van der Waals surface area contributed by atoms with Crippen LogP contribution in [-0.4, -0.2) is 19.0 Å². The van der Waals surface area contributed by atoms with Gasteiger partial charge < -0.3 is 9.47 Å². The Morgan fingerprint density at radius 1 is 1.75 bits per heavy atom. The molecule has 0 saturated heterocycles. The number of cyclic esters (lactones) is 1. The lowest BCUT2D eigenvalue weighted by molar-refractivity contribution is -0.169. The van der Waals surface area contributed by atoms with Crippen LogP contribution < -0.4 is 0 Å². The van der Waals surface area contributed by atoms with Gasteiger partial charge in [-0.3, -0.25) is 9.59 Å². The van der Waals surface area contributed by atoms with Gasteiger partial charge in [-0.05, 0) is 18.9 Å². The van der Waals surface area contributed by atoms with Crippen molar-refractivity contribution in [3.05, 3.63) is 24.5 Å². The van der Waals surface area contributed by atoms with Crippen LogP contribution in [0.5, 0.6) is 0 Å². The summed E-state index contributed by atoms with van der Waals surface area (Å²) in [6.45, 7) is 5.44. The van der Waals surface area contributed by atoms with E-state index in [0.717, 1.165) is 0 Å². The SMILES string of the molecule is C=CCC1(C(=O)OC)CC=C(CC)OC1=O. The van der Waals surface area contributed by atoms with E-state index in [2.05, 4.69) is 11.3 Å². The molecule has 0 aliphatic carbocycles. The van der Waals surface area contributed by atoms with Crippen LogP contribution in [0.1, 0.15) is 26.2 Å². The largest absolute Gasteiger partial charge is 0.468 e. The monoisotopic (exact) mass is 224 g/mol. The minimum atomic E-state index is -1.24. The number of esters is 2. The number of rotatable bonds is 4. The zero-order valence-electron chi connectivity index (χ0n) is 9.62. The smallest absolute Gasteiger partial charge is 0.329 e. The van der Waals surface area contributed by atoms with Crippen molar-refractivity contribution in [2.75, 3.05) is 7.11 Å². The summed E-state index contributed by atoms with van der Waals surface area (Å²) in [5, 5.41) is 0. The van der Waals surface area contributed by atoms with Crippen LogP contribution in [0.3, 0.4) is 0 Å². The van der Waals surface area contributed by atoms with Crippen molar-refractivity contribution in [1.29, 1.82) is 0 Å². The molecule has 0 radical (unpaired) electrons. The van der Waals surface area contributed by atoms with Gasteiger partial charge in [0, 0.05) is 6.42 Å². The maximum absolute atomic E-state index is 11.9. The van der Waals surface area contributed by atoms with Gasteiger partial charge in [0.15, 0.2) is 5.41 Å². The molecule has 0 fully saturated rings. The molecule has 4 nitrogen and oxygen atoms in total. The molecule has 0 spiro atoms. The second-order valence-corrected chi connectivity index (χ2v) is 3.68. The van der Waals surface area contributed by atoms with Gasteiger partial charge in [-0.25, -0.2) is 0 Å². The highest BCUT2D eigenvalue weighted by Gasteiger charge is 2.49. The Hall–Kier alpha value is -1.58. The number of hydrogen-bond donors (Lipinski definition) is 0. The van der Waals surface area contributed by atoms with E-state index < -0.39 is 17.4 Å². The van der Waals surface area contributed by atoms with Gasteiger partial charge in [0.25, 0.3) is 0 Å². The summed E-state index contributed by atoms with van der Waals surface area (Å²) in [5.74, 6) is -0.504. The molecule has 1 unspecified atom stereocenters. The maximum Gasteiger partial charge on any atom is 0.329 e. The van der Waals surface area contributed by atoms with Gasteiger partial charge in [0.2, 0.25) is 0 Å². The number of carbonyl (C=O) groups excluding carboxylic acids is 2. The first kappa shape index (κ1) is 12.5. The molecule has 0 amide bonds. The van der Waals surface area contributed by atoms with Crippen molar-refractivity contribution < 1.29 is 19.1 Å². The van der Waals surface area contributed by atoms with Gasteiger partial charge in [-0.1, -0.05) is 13.0 Å². The minimum Gasteiger partial charge on any atom is -0.468 e. The van der Waals surface area contributed by atoms with Crippen LogP contribution in [0.2, 0.25) is 0 Å². The van der Waals surface area contributed by atoms with E-state index in [1.165, 1.54) is 13.2 Å². The first-order valence-corrected chi connectivity index (χ1v) is 5.21. The highest BCUT2D eigenvalue weighted by atomic mass is 16.6. The summed E-state index contributed by atoms with van der Waals surface area (Å²) in [6.07, 6.45) is 4.47. The van der Waals surface area contributed by atoms with Gasteiger partial charge in [-0.2, -0.15) is 0 Å². The average Bonchev–Trinajstić information content (AvgIpc) is 2.30. The summed E-state index contributed by atoms with van der Waals surface area (Å²) in [4.78, 5) is 23.5. The first-order chi connectivity index (χ1) is 7.60. The van der Waals surface area contributed by atoms with Crippen molar-refractivity contribution >= 4 is 11.9 Å². The fourth-order valence-electron chi connectivity index (χ4n) is 1.70. The summed E-state index contributed by atoms with van der Waals surface area (Å²) in [7, 11) is 1.26. The van der Waals surface area contributed by atoms with E-state index in [4.69, 9.17) is 4.74 Å². The van der Waals surface area contributed by atoms with Gasteiger partial charge >= 0.3 is 11.9 Å². The summed E-state index contributed by atoms with van der Waals surface area (Å²) in [6, 6.07) is 0. The fourth-order valence-corrected chi connectivity index (χ4v) is 1.70. The van der Waals surface area contributed by atoms with E-state index in [1.807, 2.05) is 6.92 Å².